The van der Waals surface area contributed by atoms with Crippen LogP contribution in [-0.4, -0.2) is 35.3 Å². The molecule has 0 bridgehead atoms. The maximum absolute atomic E-state index is 12.8. The molecule has 0 atom stereocenters. The van der Waals surface area contributed by atoms with Gasteiger partial charge in [-0.1, -0.05) is 6.07 Å². The summed E-state index contributed by atoms with van der Waals surface area (Å²) in [5, 5.41) is 0. The van der Waals surface area contributed by atoms with E-state index in [-0.39, 0.29) is 29.7 Å². The lowest BCUT2D eigenvalue weighted by Gasteiger charge is -2.19. The normalized spacial score (nSPS) is 19.1. The summed E-state index contributed by atoms with van der Waals surface area (Å²) in [6, 6.07) is 9.18. The Morgan fingerprint density at radius 3 is 2.45 bits per heavy atom. The van der Waals surface area contributed by atoms with Crippen molar-refractivity contribution in [1.29, 1.82) is 0 Å². The van der Waals surface area contributed by atoms with Gasteiger partial charge in [0.25, 0.3) is 0 Å². The Morgan fingerprint density at radius 1 is 1.10 bits per heavy atom. The number of hydrogen-bond acceptors (Lipinski definition) is 7. The Bertz CT molecular complexity index is 1280. The first-order valence-corrected chi connectivity index (χ1v) is 12.6. The van der Waals surface area contributed by atoms with Gasteiger partial charge in [0.1, 0.15) is 0 Å². The number of carbonyl (C=O) groups is 1. The second-order valence-electron chi connectivity index (χ2n) is 8.17. The molecule has 1 amide bonds. The second-order valence-corrected chi connectivity index (χ2v) is 11.7. The fraction of sp³-hybridized carbons (Fsp3) is 0.350. The van der Waals surface area contributed by atoms with Crippen LogP contribution in [0.5, 0.6) is 11.5 Å². The third kappa shape index (κ3) is 3.88. The predicted octanol–water partition coefficient (Wildman–Crippen LogP) is 1.90. The molecule has 2 aliphatic heterocycles. The van der Waals surface area contributed by atoms with Gasteiger partial charge < -0.3 is 9.47 Å². The van der Waals surface area contributed by atoms with Crippen molar-refractivity contribution in [2.24, 2.45) is 5.41 Å². The summed E-state index contributed by atoms with van der Waals surface area (Å²) in [7, 11) is -7.70. The summed E-state index contributed by atoms with van der Waals surface area (Å²) in [5.41, 5.74) is 0.105. The van der Waals surface area contributed by atoms with E-state index in [4.69, 9.17) is 9.47 Å². The van der Waals surface area contributed by atoms with Gasteiger partial charge in [0, 0.05) is 6.54 Å². The molecule has 2 aromatic rings. The number of sulfonamides is 2. The molecule has 0 saturated carbocycles. The SMILES string of the molecule is Cc1cc(N2C(=O)C(C)(C)CS2(=O)=O)ccc1S(=O)(=O)NCc1ccc2c(c1)OCO2. The smallest absolute Gasteiger partial charge is 0.247 e. The van der Waals surface area contributed by atoms with Crippen LogP contribution in [0.3, 0.4) is 0 Å². The van der Waals surface area contributed by atoms with Crippen LogP contribution in [0.1, 0.15) is 25.0 Å². The standard InChI is InChI=1S/C20H22N2O7S2/c1-13-8-15(22-19(23)20(2,3)11-30(22,24)25)5-7-18(13)31(26,27)21-10-14-4-6-16-17(9-14)29-12-28-16/h4-9,21H,10-12H2,1-3H3. The lowest BCUT2D eigenvalue weighted by atomic mass is 9.95. The zero-order valence-electron chi connectivity index (χ0n) is 17.2. The number of aryl methyl sites for hydroxylation is 1. The first kappa shape index (κ1) is 21.6. The quantitative estimate of drug-likeness (QED) is 0.715. The number of hydrogen-bond donors (Lipinski definition) is 1. The van der Waals surface area contributed by atoms with Crippen molar-refractivity contribution in [2.75, 3.05) is 16.9 Å². The third-order valence-electron chi connectivity index (χ3n) is 5.17. The van der Waals surface area contributed by atoms with Crippen molar-refractivity contribution in [3.05, 3.63) is 47.5 Å². The van der Waals surface area contributed by atoms with Gasteiger partial charge in [-0.3, -0.25) is 4.79 Å². The zero-order chi connectivity index (χ0) is 22.6. The van der Waals surface area contributed by atoms with Gasteiger partial charge in [0.05, 0.1) is 21.8 Å². The molecule has 1 N–H and O–H groups in total. The molecule has 2 heterocycles. The molecule has 0 aromatic heterocycles. The molecule has 2 aliphatic rings. The van der Waals surface area contributed by atoms with Crippen molar-refractivity contribution < 1.29 is 31.1 Å². The summed E-state index contributed by atoms with van der Waals surface area (Å²) in [6.07, 6.45) is 0. The highest BCUT2D eigenvalue weighted by Gasteiger charge is 2.50. The number of ether oxygens (including phenoxy) is 2. The van der Waals surface area contributed by atoms with Crippen LogP contribution in [-0.2, 0) is 31.4 Å². The maximum atomic E-state index is 12.8. The van der Waals surface area contributed by atoms with E-state index in [1.807, 2.05) is 0 Å². The summed E-state index contributed by atoms with van der Waals surface area (Å²) in [4.78, 5) is 12.6. The molecule has 1 fully saturated rings. The Kier molecular flexibility index (Phi) is 5.02. The summed E-state index contributed by atoms with van der Waals surface area (Å²) < 4.78 is 64.4. The molecule has 1 saturated heterocycles. The summed E-state index contributed by atoms with van der Waals surface area (Å²) in [6.45, 7) is 4.85. The van der Waals surface area contributed by atoms with Crippen LogP contribution in [0.25, 0.3) is 0 Å². The molecule has 9 nitrogen and oxygen atoms in total. The molecule has 0 aliphatic carbocycles. The number of fused-ring (bicyclic) bond motifs is 1. The fourth-order valence-electron chi connectivity index (χ4n) is 3.63. The summed E-state index contributed by atoms with van der Waals surface area (Å²) >= 11 is 0. The van der Waals surface area contributed by atoms with Gasteiger partial charge in [-0.25, -0.2) is 25.9 Å². The predicted molar refractivity (Wildman–Crippen MR) is 113 cm³/mol. The molecule has 166 valence electrons. The number of nitrogens with one attached hydrogen (secondary N) is 1. The highest BCUT2D eigenvalue weighted by molar-refractivity contribution is 7.94. The number of anilines is 1. The van der Waals surface area contributed by atoms with Gasteiger partial charge >= 0.3 is 0 Å². The number of benzene rings is 2. The number of carbonyl (C=O) groups excluding carboxylic acids is 1. The molecule has 0 radical (unpaired) electrons. The van der Waals surface area contributed by atoms with Crippen LogP contribution in [0.15, 0.2) is 41.3 Å². The zero-order valence-corrected chi connectivity index (χ0v) is 18.8. The van der Waals surface area contributed by atoms with E-state index in [0.717, 1.165) is 4.31 Å². The largest absolute Gasteiger partial charge is 0.454 e. The summed E-state index contributed by atoms with van der Waals surface area (Å²) in [5.74, 6) is 0.322. The highest BCUT2D eigenvalue weighted by Crippen LogP contribution is 2.37. The molecule has 0 unspecified atom stereocenters. The van der Waals surface area contributed by atoms with E-state index >= 15 is 0 Å². The number of nitrogens with zero attached hydrogens (tertiary/aromatic N) is 1. The molecule has 2 aromatic carbocycles. The Balaban J connectivity index is 1.57. The average Bonchev–Trinajstić information content (AvgIpc) is 3.19. The minimum Gasteiger partial charge on any atom is -0.454 e. The molecular weight excluding hydrogens is 444 g/mol. The van der Waals surface area contributed by atoms with Crippen LogP contribution in [0.2, 0.25) is 0 Å². The van der Waals surface area contributed by atoms with Crippen LogP contribution >= 0.6 is 0 Å². The van der Waals surface area contributed by atoms with Crippen molar-refractivity contribution >= 4 is 31.6 Å². The van der Waals surface area contributed by atoms with Gasteiger partial charge in [0.2, 0.25) is 32.7 Å². The van der Waals surface area contributed by atoms with Crippen molar-refractivity contribution in [2.45, 2.75) is 32.2 Å². The molecule has 4 rings (SSSR count). The monoisotopic (exact) mass is 466 g/mol. The Labute approximate surface area is 181 Å². The molecule has 11 heteroatoms. The van der Waals surface area contributed by atoms with Crippen LogP contribution in [0.4, 0.5) is 5.69 Å². The van der Waals surface area contributed by atoms with E-state index in [9.17, 15) is 21.6 Å². The van der Waals surface area contributed by atoms with Crippen molar-refractivity contribution in [1.82, 2.24) is 4.72 Å². The van der Waals surface area contributed by atoms with E-state index in [2.05, 4.69) is 4.72 Å². The molecule has 0 spiro atoms. The number of rotatable bonds is 5. The van der Waals surface area contributed by atoms with Crippen molar-refractivity contribution in [3.8, 4) is 11.5 Å². The lowest BCUT2D eigenvalue weighted by molar-refractivity contribution is -0.123. The first-order chi connectivity index (χ1) is 14.4. The second kappa shape index (κ2) is 7.21. The van der Waals surface area contributed by atoms with E-state index in [1.165, 1.54) is 18.2 Å². The topological polar surface area (TPSA) is 119 Å². The van der Waals surface area contributed by atoms with Gasteiger partial charge in [-0.2, -0.15) is 0 Å². The molecule has 31 heavy (non-hydrogen) atoms. The minimum absolute atomic E-state index is 0.000275. The van der Waals surface area contributed by atoms with Crippen LogP contribution < -0.4 is 18.5 Å². The third-order valence-corrected chi connectivity index (χ3v) is 8.75. The van der Waals surface area contributed by atoms with Gasteiger partial charge in [0.15, 0.2) is 11.5 Å². The lowest BCUT2D eigenvalue weighted by Crippen LogP contribution is -2.33. The van der Waals surface area contributed by atoms with Gasteiger partial charge in [-0.15, -0.1) is 0 Å². The average molecular weight is 467 g/mol. The molecular formula is C20H22N2O7S2. The maximum Gasteiger partial charge on any atom is 0.247 e. The fourth-order valence-corrected chi connectivity index (χ4v) is 6.97. The number of amides is 1. The first-order valence-electron chi connectivity index (χ1n) is 9.47. The Hall–Kier alpha value is -2.63. The minimum atomic E-state index is -3.88. The Morgan fingerprint density at radius 2 is 1.81 bits per heavy atom. The van der Waals surface area contributed by atoms with Gasteiger partial charge in [-0.05, 0) is 62.2 Å². The van der Waals surface area contributed by atoms with E-state index in [1.54, 1.807) is 39.0 Å². The van der Waals surface area contributed by atoms with Crippen molar-refractivity contribution in [3.63, 3.8) is 0 Å². The highest BCUT2D eigenvalue weighted by atomic mass is 32.2. The van der Waals surface area contributed by atoms with E-state index in [0.29, 0.717) is 22.6 Å². The van der Waals surface area contributed by atoms with Crippen LogP contribution in [0, 0.1) is 12.3 Å². The van der Waals surface area contributed by atoms with E-state index < -0.39 is 31.4 Å².